The molecule has 3 heterocycles. The molecule has 0 bridgehead atoms. The summed E-state index contributed by atoms with van der Waals surface area (Å²) in [5.74, 6) is 0.0664. The van der Waals surface area contributed by atoms with Gasteiger partial charge in [0.05, 0.1) is 17.1 Å². The number of nitrogens with one attached hydrogen (secondary N) is 1. The smallest absolute Gasteiger partial charge is 0.236 e. The van der Waals surface area contributed by atoms with Crippen molar-refractivity contribution in [2.45, 2.75) is 12.1 Å². The van der Waals surface area contributed by atoms with E-state index < -0.39 is 0 Å². The van der Waals surface area contributed by atoms with E-state index in [1.807, 2.05) is 54.8 Å². The fraction of sp³-hybridized carbons (Fsp3) is 0.118. The predicted molar refractivity (Wildman–Crippen MR) is 102 cm³/mol. The third-order valence-corrected chi connectivity index (χ3v) is 5.30. The van der Waals surface area contributed by atoms with Crippen LogP contribution in [0.2, 0.25) is 0 Å². The van der Waals surface area contributed by atoms with Crippen LogP contribution >= 0.6 is 23.1 Å². The SMILES string of the molecule is Cc1csc(NC(=O)CSc2nnc3ccc(-c4ccccc4)nn23)n1. The molecule has 9 heteroatoms. The summed E-state index contributed by atoms with van der Waals surface area (Å²) in [6.45, 7) is 1.89. The number of aryl methyl sites for hydroxylation is 1. The van der Waals surface area contributed by atoms with Crippen LogP contribution in [0.5, 0.6) is 0 Å². The van der Waals surface area contributed by atoms with Crippen molar-refractivity contribution >= 4 is 39.8 Å². The number of rotatable bonds is 5. The normalized spacial score (nSPS) is 11.0. The molecule has 130 valence electrons. The maximum Gasteiger partial charge on any atom is 0.236 e. The Bertz CT molecular complexity index is 1060. The Hall–Kier alpha value is -2.78. The molecule has 26 heavy (non-hydrogen) atoms. The Morgan fingerprint density at radius 3 is 2.81 bits per heavy atom. The molecular weight excluding hydrogens is 368 g/mol. The fourth-order valence-electron chi connectivity index (χ4n) is 2.32. The van der Waals surface area contributed by atoms with E-state index in [-0.39, 0.29) is 11.7 Å². The van der Waals surface area contributed by atoms with Crippen LogP contribution in [0.15, 0.2) is 53.0 Å². The molecule has 1 N–H and O–H groups in total. The number of carbonyl (C=O) groups excluding carboxylic acids is 1. The molecule has 0 aliphatic rings. The molecule has 0 fully saturated rings. The highest BCUT2D eigenvalue weighted by Crippen LogP contribution is 2.21. The number of thiazole rings is 1. The molecule has 1 aromatic carbocycles. The van der Waals surface area contributed by atoms with E-state index in [0.717, 1.165) is 17.0 Å². The van der Waals surface area contributed by atoms with Crippen molar-refractivity contribution in [2.75, 3.05) is 11.1 Å². The minimum atomic E-state index is -0.139. The van der Waals surface area contributed by atoms with Crippen molar-refractivity contribution in [1.29, 1.82) is 0 Å². The molecule has 1 amide bonds. The summed E-state index contributed by atoms with van der Waals surface area (Å²) >= 11 is 2.69. The van der Waals surface area contributed by atoms with Crippen LogP contribution in [0.4, 0.5) is 5.13 Å². The van der Waals surface area contributed by atoms with Gasteiger partial charge in [-0.1, -0.05) is 42.1 Å². The second-order valence-corrected chi connectivity index (χ2v) is 7.27. The lowest BCUT2D eigenvalue weighted by Gasteiger charge is -2.03. The van der Waals surface area contributed by atoms with Gasteiger partial charge in [-0.2, -0.15) is 9.61 Å². The third-order valence-electron chi connectivity index (χ3n) is 3.50. The second-order valence-electron chi connectivity index (χ2n) is 5.47. The molecule has 0 aliphatic carbocycles. The van der Waals surface area contributed by atoms with Crippen LogP contribution in [0.3, 0.4) is 0 Å². The number of aromatic nitrogens is 5. The summed E-state index contributed by atoms with van der Waals surface area (Å²) in [6.07, 6.45) is 0. The lowest BCUT2D eigenvalue weighted by atomic mass is 10.1. The van der Waals surface area contributed by atoms with Gasteiger partial charge in [-0.05, 0) is 19.1 Å². The van der Waals surface area contributed by atoms with Crippen molar-refractivity contribution < 1.29 is 4.79 Å². The summed E-state index contributed by atoms with van der Waals surface area (Å²) in [4.78, 5) is 16.3. The Labute approximate surface area is 157 Å². The molecule has 0 aliphatic heterocycles. The maximum atomic E-state index is 12.1. The van der Waals surface area contributed by atoms with Gasteiger partial charge < -0.3 is 5.32 Å². The Kier molecular flexibility index (Phi) is 4.63. The zero-order valence-corrected chi connectivity index (χ0v) is 15.4. The van der Waals surface area contributed by atoms with Gasteiger partial charge in [0.1, 0.15) is 0 Å². The van der Waals surface area contributed by atoms with E-state index in [1.54, 1.807) is 4.52 Å². The van der Waals surface area contributed by atoms with E-state index in [2.05, 4.69) is 25.6 Å². The monoisotopic (exact) mass is 382 g/mol. The summed E-state index contributed by atoms with van der Waals surface area (Å²) in [6, 6.07) is 13.7. The van der Waals surface area contributed by atoms with Gasteiger partial charge in [-0.25, -0.2) is 4.98 Å². The van der Waals surface area contributed by atoms with Crippen LogP contribution in [-0.2, 0) is 4.79 Å². The van der Waals surface area contributed by atoms with Crippen LogP contribution < -0.4 is 5.32 Å². The maximum absolute atomic E-state index is 12.1. The summed E-state index contributed by atoms with van der Waals surface area (Å²) in [7, 11) is 0. The molecule has 0 spiro atoms. The number of thioether (sulfide) groups is 1. The lowest BCUT2D eigenvalue weighted by Crippen LogP contribution is -2.14. The van der Waals surface area contributed by atoms with E-state index in [4.69, 9.17) is 0 Å². The molecular formula is C17H14N6OS2. The van der Waals surface area contributed by atoms with Crippen LogP contribution in [-0.4, -0.2) is 36.5 Å². The molecule has 0 atom stereocenters. The molecule has 0 unspecified atom stereocenters. The number of amides is 1. The third kappa shape index (κ3) is 3.58. The molecule has 4 rings (SSSR count). The fourth-order valence-corrected chi connectivity index (χ4v) is 3.71. The van der Waals surface area contributed by atoms with Crippen LogP contribution in [0.25, 0.3) is 16.9 Å². The largest absolute Gasteiger partial charge is 0.301 e. The quantitative estimate of drug-likeness (QED) is 0.533. The standard InChI is InChI=1S/C17H14N6OS2/c1-11-9-25-16(18-11)19-15(24)10-26-17-21-20-14-8-7-13(22-23(14)17)12-5-3-2-4-6-12/h2-9H,10H2,1H3,(H,18,19,24). The van der Waals surface area contributed by atoms with Crippen molar-refractivity contribution in [3.63, 3.8) is 0 Å². The van der Waals surface area contributed by atoms with Crippen LogP contribution in [0.1, 0.15) is 5.69 Å². The number of hydrogen-bond donors (Lipinski definition) is 1. The van der Waals surface area contributed by atoms with Crippen molar-refractivity contribution in [3.8, 4) is 11.3 Å². The Morgan fingerprint density at radius 2 is 2.04 bits per heavy atom. The van der Waals surface area contributed by atoms with E-state index >= 15 is 0 Å². The zero-order valence-electron chi connectivity index (χ0n) is 13.8. The van der Waals surface area contributed by atoms with Gasteiger partial charge in [0.2, 0.25) is 11.1 Å². The van der Waals surface area contributed by atoms with Gasteiger partial charge >= 0.3 is 0 Å². The predicted octanol–water partition coefficient (Wildman–Crippen LogP) is 3.29. The van der Waals surface area contributed by atoms with Gasteiger partial charge in [0.15, 0.2) is 10.8 Å². The Balaban J connectivity index is 1.50. The first-order valence-corrected chi connectivity index (χ1v) is 9.68. The number of carbonyl (C=O) groups is 1. The first kappa shape index (κ1) is 16.7. The van der Waals surface area contributed by atoms with E-state index in [0.29, 0.717) is 15.9 Å². The highest BCUT2D eigenvalue weighted by Gasteiger charge is 2.12. The van der Waals surface area contributed by atoms with Gasteiger partial charge in [-0.15, -0.1) is 21.5 Å². The minimum absolute atomic E-state index is 0.139. The summed E-state index contributed by atoms with van der Waals surface area (Å²) in [5, 5.41) is 18.7. The second kappa shape index (κ2) is 7.22. The highest BCUT2D eigenvalue weighted by atomic mass is 32.2. The van der Waals surface area contributed by atoms with E-state index in [1.165, 1.54) is 23.1 Å². The number of anilines is 1. The van der Waals surface area contributed by atoms with Crippen molar-refractivity contribution in [2.24, 2.45) is 0 Å². The van der Waals surface area contributed by atoms with Gasteiger partial charge in [0.25, 0.3) is 0 Å². The van der Waals surface area contributed by atoms with E-state index in [9.17, 15) is 4.79 Å². The number of benzene rings is 1. The van der Waals surface area contributed by atoms with Crippen LogP contribution in [0, 0.1) is 6.92 Å². The van der Waals surface area contributed by atoms with Crippen molar-refractivity contribution in [3.05, 3.63) is 53.5 Å². The molecule has 0 radical (unpaired) electrons. The summed E-state index contributed by atoms with van der Waals surface area (Å²) in [5.41, 5.74) is 3.36. The zero-order chi connectivity index (χ0) is 17.9. The molecule has 0 saturated carbocycles. The van der Waals surface area contributed by atoms with Gasteiger partial charge in [0, 0.05) is 10.9 Å². The first-order chi connectivity index (χ1) is 12.7. The van der Waals surface area contributed by atoms with Crippen molar-refractivity contribution in [1.82, 2.24) is 24.8 Å². The highest BCUT2D eigenvalue weighted by molar-refractivity contribution is 7.99. The van der Waals surface area contributed by atoms with Gasteiger partial charge in [-0.3, -0.25) is 4.79 Å². The lowest BCUT2D eigenvalue weighted by molar-refractivity contribution is -0.113. The topological polar surface area (TPSA) is 85.1 Å². The molecule has 0 saturated heterocycles. The number of fused-ring (bicyclic) bond motifs is 1. The number of nitrogens with zero attached hydrogens (tertiary/aromatic N) is 5. The first-order valence-electron chi connectivity index (χ1n) is 7.82. The molecule has 4 aromatic rings. The molecule has 3 aromatic heterocycles. The number of hydrogen-bond acceptors (Lipinski definition) is 7. The average Bonchev–Trinajstić information content (AvgIpc) is 3.26. The average molecular weight is 382 g/mol. The Morgan fingerprint density at radius 1 is 1.19 bits per heavy atom. The molecule has 7 nitrogen and oxygen atoms in total. The minimum Gasteiger partial charge on any atom is -0.301 e. The summed E-state index contributed by atoms with van der Waals surface area (Å²) < 4.78 is 1.66.